The number of anilines is 2. The van der Waals surface area contributed by atoms with Crippen molar-refractivity contribution in [3.05, 3.63) is 33.5 Å². The van der Waals surface area contributed by atoms with E-state index < -0.39 is 0 Å². The lowest BCUT2D eigenvalue weighted by molar-refractivity contribution is 0.405. The van der Waals surface area contributed by atoms with Crippen LogP contribution in [0.15, 0.2) is 18.2 Å². The molecule has 0 fully saturated rings. The number of rotatable bonds is 4. The molecule has 0 aliphatic heterocycles. The van der Waals surface area contributed by atoms with Crippen molar-refractivity contribution in [2.45, 2.75) is 0 Å². The third-order valence-corrected chi connectivity index (χ3v) is 3.22. The Morgan fingerprint density at radius 1 is 0.900 bits per heavy atom. The zero-order chi connectivity index (χ0) is 14.7. The second-order valence-electron chi connectivity index (χ2n) is 3.68. The fourth-order valence-electron chi connectivity index (χ4n) is 1.54. The second kappa shape index (κ2) is 6.35. The molecule has 1 N–H and O–H groups in total. The Labute approximate surface area is 130 Å². The number of nitrogens with zero attached hydrogens (tertiary/aromatic N) is 2. The summed E-state index contributed by atoms with van der Waals surface area (Å²) >= 11 is 17.8. The quantitative estimate of drug-likeness (QED) is 0.908. The summed E-state index contributed by atoms with van der Waals surface area (Å²) in [5, 5.41) is 11.2. The SMILES string of the molecule is COc1cc(Nc2cc(Cl)nnc2Cl)c(OC)cc1Cl. The third kappa shape index (κ3) is 3.17. The van der Waals surface area contributed by atoms with Gasteiger partial charge in [-0.1, -0.05) is 34.8 Å². The number of nitrogens with one attached hydrogen (secondary N) is 1. The third-order valence-electron chi connectivity index (χ3n) is 2.46. The molecular weight excluding hydrogens is 325 g/mol. The van der Waals surface area contributed by atoms with Crippen LogP contribution in [0.3, 0.4) is 0 Å². The minimum absolute atomic E-state index is 0.186. The fraction of sp³-hybridized carbons (Fsp3) is 0.167. The standard InChI is InChI=1S/C12H10Cl3N3O2/c1-19-9-4-7(10(20-2)3-6(9)13)16-8-5-11(14)17-18-12(8)15/h3-5H,1-2H3,(H,16,17). The van der Waals surface area contributed by atoms with Gasteiger partial charge in [-0.05, 0) is 0 Å². The van der Waals surface area contributed by atoms with Crippen LogP contribution in [0, 0.1) is 0 Å². The van der Waals surface area contributed by atoms with E-state index in [1.54, 1.807) is 18.2 Å². The Hall–Kier alpha value is -1.43. The van der Waals surface area contributed by atoms with Crippen molar-refractivity contribution in [3.63, 3.8) is 0 Å². The lowest BCUT2D eigenvalue weighted by Gasteiger charge is -2.14. The van der Waals surface area contributed by atoms with Crippen molar-refractivity contribution in [2.24, 2.45) is 0 Å². The lowest BCUT2D eigenvalue weighted by atomic mass is 10.2. The van der Waals surface area contributed by atoms with Gasteiger partial charge in [0.1, 0.15) is 11.5 Å². The molecule has 0 aliphatic rings. The summed E-state index contributed by atoms with van der Waals surface area (Å²) in [6, 6.07) is 4.87. The minimum atomic E-state index is 0.186. The van der Waals surface area contributed by atoms with Gasteiger partial charge in [-0.15, -0.1) is 10.2 Å². The molecule has 0 saturated carbocycles. The molecule has 0 aliphatic carbocycles. The first-order valence-corrected chi connectivity index (χ1v) is 6.55. The van der Waals surface area contributed by atoms with Gasteiger partial charge in [0.25, 0.3) is 0 Å². The number of hydrogen-bond donors (Lipinski definition) is 1. The van der Waals surface area contributed by atoms with Crippen molar-refractivity contribution in [3.8, 4) is 11.5 Å². The summed E-state index contributed by atoms with van der Waals surface area (Å²) in [6.07, 6.45) is 0. The maximum atomic E-state index is 6.04. The second-order valence-corrected chi connectivity index (χ2v) is 4.84. The molecule has 0 radical (unpaired) electrons. The summed E-state index contributed by atoms with van der Waals surface area (Å²) < 4.78 is 10.4. The van der Waals surface area contributed by atoms with E-state index in [2.05, 4.69) is 15.5 Å². The molecule has 1 heterocycles. The molecule has 20 heavy (non-hydrogen) atoms. The average molecular weight is 335 g/mol. The lowest BCUT2D eigenvalue weighted by Crippen LogP contribution is -1.98. The predicted octanol–water partition coefficient (Wildman–Crippen LogP) is 4.20. The summed E-state index contributed by atoms with van der Waals surface area (Å²) in [4.78, 5) is 0. The predicted molar refractivity (Wildman–Crippen MR) is 79.9 cm³/mol. The molecule has 5 nitrogen and oxygen atoms in total. The Balaban J connectivity index is 2.44. The highest BCUT2D eigenvalue weighted by molar-refractivity contribution is 6.33. The van der Waals surface area contributed by atoms with Crippen molar-refractivity contribution in [1.29, 1.82) is 0 Å². The van der Waals surface area contributed by atoms with E-state index in [0.29, 0.717) is 27.9 Å². The van der Waals surface area contributed by atoms with Crippen LogP contribution in [0.5, 0.6) is 11.5 Å². The van der Waals surface area contributed by atoms with Gasteiger partial charge in [-0.25, -0.2) is 0 Å². The molecule has 0 unspecified atom stereocenters. The Morgan fingerprint density at radius 3 is 2.25 bits per heavy atom. The fourth-order valence-corrected chi connectivity index (χ4v) is 2.06. The number of aromatic nitrogens is 2. The molecule has 0 bridgehead atoms. The van der Waals surface area contributed by atoms with Crippen LogP contribution in [-0.4, -0.2) is 24.4 Å². The number of halogens is 3. The molecule has 2 rings (SSSR count). The van der Waals surface area contributed by atoms with E-state index >= 15 is 0 Å². The number of methoxy groups -OCH3 is 2. The highest BCUT2D eigenvalue weighted by Crippen LogP contribution is 2.38. The van der Waals surface area contributed by atoms with E-state index in [-0.39, 0.29) is 10.3 Å². The maximum Gasteiger partial charge on any atom is 0.175 e. The Kier molecular flexibility index (Phi) is 4.75. The monoisotopic (exact) mass is 333 g/mol. The first kappa shape index (κ1) is 15.0. The Bertz CT molecular complexity index is 638. The van der Waals surface area contributed by atoms with Crippen LogP contribution >= 0.6 is 34.8 Å². The first-order chi connectivity index (χ1) is 9.55. The van der Waals surface area contributed by atoms with Crippen molar-refractivity contribution in [2.75, 3.05) is 19.5 Å². The summed E-state index contributed by atoms with van der Waals surface area (Å²) in [7, 11) is 3.05. The van der Waals surface area contributed by atoms with Crippen molar-refractivity contribution < 1.29 is 9.47 Å². The molecule has 2 aromatic rings. The molecular formula is C12H10Cl3N3O2. The van der Waals surface area contributed by atoms with Gasteiger partial charge in [0, 0.05) is 18.2 Å². The van der Waals surface area contributed by atoms with Gasteiger partial charge in [-0.2, -0.15) is 0 Å². The van der Waals surface area contributed by atoms with Crippen LogP contribution < -0.4 is 14.8 Å². The van der Waals surface area contributed by atoms with Gasteiger partial charge in [0.2, 0.25) is 0 Å². The molecule has 106 valence electrons. The summed E-state index contributed by atoms with van der Waals surface area (Å²) in [5.74, 6) is 1.03. The van der Waals surface area contributed by atoms with Gasteiger partial charge < -0.3 is 14.8 Å². The van der Waals surface area contributed by atoms with E-state index in [0.717, 1.165) is 0 Å². The van der Waals surface area contributed by atoms with Crippen LogP contribution in [-0.2, 0) is 0 Å². The summed E-state index contributed by atoms with van der Waals surface area (Å²) in [5.41, 5.74) is 1.11. The Morgan fingerprint density at radius 2 is 1.60 bits per heavy atom. The maximum absolute atomic E-state index is 6.04. The van der Waals surface area contributed by atoms with Gasteiger partial charge in [0.15, 0.2) is 10.3 Å². The highest BCUT2D eigenvalue weighted by Gasteiger charge is 2.12. The van der Waals surface area contributed by atoms with Crippen LogP contribution in [0.4, 0.5) is 11.4 Å². The van der Waals surface area contributed by atoms with Crippen LogP contribution in [0.25, 0.3) is 0 Å². The van der Waals surface area contributed by atoms with E-state index in [4.69, 9.17) is 44.3 Å². The smallest absolute Gasteiger partial charge is 0.175 e. The molecule has 0 saturated heterocycles. The number of hydrogen-bond acceptors (Lipinski definition) is 5. The number of ether oxygens (including phenoxy) is 2. The normalized spacial score (nSPS) is 10.2. The van der Waals surface area contributed by atoms with Crippen LogP contribution in [0.1, 0.15) is 0 Å². The zero-order valence-corrected chi connectivity index (χ0v) is 12.8. The number of benzene rings is 1. The van der Waals surface area contributed by atoms with E-state index in [1.807, 2.05) is 0 Å². The first-order valence-electron chi connectivity index (χ1n) is 5.42. The minimum Gasteiger partial charge on any atom is -0.495 e. The molecule has 0 spiro atoms. The molecule has 0 amide bonds. The molecule has 0 atom stereocenters. The molecule has 8 heteroatoms. The van der Waals surface area contributed by atoms with Gasteiger partial charge in [-0.3, -0.25) is 0 Å². The largest absolute Gasteiger partial charge is 0.495 e. The molecule has 1 aromatic heterocycles. The van der Waals surface area contributed by atoms with Crippen molar-refractivity contribution in [1.82, 2.24) is 10.2 Å². The van der Waals surface area contributed by atoms with E-state index in [9.17, 15) is 0 Å². The van der Waals surface area contributed by atoms with Gasteiger partial charge in [0.05, 0.1) is 30.6 Å². The molecule has 1 aromatic carbocycles. The topological polar surface area (TPSA) is 56.3 Å². The highest BCUT2D eigenvalue weighted by atomic mass is 35.5. The van der Waals surface area contributed by atoms with Crippen molar-refractivity contribution >= 4 is 46.2 Å². The zero-order valence-electron chi connectivity index (χ0n) is 10.6. The van der Waals surface area contributed by atoms with E-state index in [1.165, 1.54) is 14.2 Å². The van der Waals surface area contributed by atoms with Crippen LogP contribution in [0.2, 0.25) is 15.3 Å². The average Bonchev–Trinajstić information content (AvgIpc) is 2.44. The summed E-state index contributed by atoms with van der Waals surface area (Å²) in [6.45, 7) is 0. The van der Waals surface area contributed by atoms with Gasteiger partial charge >= 0.3 is 0 Å².